The maximum absolute atomic E-state index is 13.1. The van der Waals surface area contributed by atoms with Crippen LogP contribution in [0, 0.1) is 13.8 Å². The van der Waals surface area contributed by atoms with Gasteiger partial charge in [0.15, 0.2) is 0 Å². The number of urea groups is 1. The van der Waals surface area contributed by atoms with Crippen LogP contribution in [0.1, 0.15) is 45.5 Å². The lowest BCUT2D eigenvalue weighted by atomic mass is 9.98. The Morgan fingerprint density at radius 1 is 0.912 bits per heavy atom. The molecular weight excluding hydrogens is 424 g/mol. The predicted octanol–water partition coefficient (Wildman–Crippen LogP) is 5.40. The van der Waals surface area contributed by atoms with Crippen LogP contribution >= 0.6 is 0 Å². The fourth-order valence-corrected chi connectivity index (χ4v) is 4.43. The Labute approximate surface area is 200 Å². The zero-order valence-electron chi connectivity index (χ0n) is 19.7. The van der Waals surface area contributed by atoms with Crippen molar-refractivity contribution in [1.29, 1.82) is 0 Å². The van der Waals surface area contributed by atoms with Crippen molar-refractivity contribution < 1.29 is 9.59 Å². The molecule has 34 heavy (non-hydrogen) atoms. The number of hydrogen-bond acceptors (Lipinski definition) is 3. The van der Waals surface area contributed by atoms with Crippen molar-refractivity contribution in [3.8, 4) is 0 Å². The van der Waals surface area contributed by atoms with Crippen molar-refractivity contribution in [3.63, 3.8) is 0 Å². The number of rotatable bonds is 5. The molecule has 174 valence electrons. The molecule has 3 amide bonds. The summed E-state index contributed by atoms with van der Waals surface area (Å²) in [6, 6.07) is 19.8. The third-order valence-corrected chi connectivity index (χ3v) is 6.74. The van der Waals surface area contributed by atoms with Gasteiger partial charge in [-0.3, -0.25) is 4.79 Å². The van der Waals surface area contributed by atoms with Gasteiger partial charge in [-0.2, -0.15) is 0 Å². The van der Waals surface area contributed by atoms with Gasteiger partial charge in [-0.15, -0.1) is 0 Å². The van der Waals surface area contributed by atoms with Crippen LogP contribution in [0.25, 0.3) is 0 Å². The molecule has 2 aliphatic rings. The molecule has 1 aliphatic carbocycles. The van der Waals surface area contributed by atoms with Gasteiger partial charge < -0.3 is 20.9 Å². The largest absolute Gasteiger partial charge is 0.366 e. The maximum Gasteiger partial charge on any atom is 0.323 e. The second-order valence-electron chi connectivity index (χ2n) is 9.25. The van der Waals surface area contributed by atoms with E-state index in [1.807, 2.05) is 44.2 Å². The van der Waals surface area contributed by atoms with Crippen molar-refractivity contribution in [2.45, 2.75) is 45.7 Å². The summed E-state index contributed by atoms with van der Waals surface area (Å²) in [5, 5.41) is 8.93. The summed E-state index contributed by atoms with van der Waals surface area (Å²) in [5.74, 6) is -0.0880. The van der Waals surface area contributed by atoms with Gasteiger partial charge in [0.05, 0.1) is 5.56 Å². The monoisotopic (exact) mass is 454 g/mol. The summed E-state index contributed by atoms with van der Waals surface area (Å²) >= 11 is 0. The molecule has 0 aromatic heterocycles. The third kappa shape index (κ3) is 4.76. The highest BCUT2D eigenvalue weighted by Gasteiger charge is 2.27. The second kappa shape index (κ2) is 9.21. The Balaban J connectivity index is 1.38. The standard InChI is InChI=1S/C28H30N4O2/c1-18-6-5-9-25(19(18)2)31-28(34)30-23-12-13-26(24(16-23)27(33)29-22-10-11-22)32-15-14-20-7-3-4-8-21(20)17-32/h3-9,12-13,16,22H,10-11,14-15,17H2,1-2H3,(H,29,33)(H2,30,31,34). The Bertz CT molecular complexity index is 1250. The van der Waals surface area contributed by atoms with Crippen LogP contribution in [0.2, 0.25) is 0 Å². The molecule has 1 saturated carbocycles. The Hall–Kier alpha value is -3.80. The lowest BCUT2D eigenvalue weighted by molar-refractivity contribution is 0.0951. The van der Waals surface area contributed by atoms with Crippen molar-refractivity contribution >= 4 is 29.0 Å². The van der Waals surface area contributed by atoms with Crippen LogP contribution in [-0.4, -0.2) is 24.5 Å². The quantitative estimate of drug-likeness (QED) is 0.483. The van der Waals surface area contributed by atoms with Crippen molar-refractivity contribution in [2.24, 2.45) is 0 Å². The molecule has 3 aromatic carbocycles. The normalized spacial score (nSPS) is 14.8. The molecule has 5 rings (SSSR count). The lowest BCUT2D eigenvalue weighted by Crippen LogP contribution is -2.33. The first-order valence-electron chi connectivity index (χ1n) is 11.9. The Morgan fingerprint density at radius 3 is 2.50 bits per heavy atom. The number of carbonyl (C=O) groups is 2. The average molecular weight is 455 g/mol. The molecule has 6 heteroatoms. The van der Waals surface area contributed by atoms with E-state index in [1.54, 1.807) is 6.07 Å². The zero-order valence-corrected chi connectivity index (χ0v) is 19.7. The highest BCUT2D eigenvalue weighted by atomic mass is 16.2. The number of nitrogens with one attached hydrogen (secondary N) is 3. The van der Waals surface area contributed by atoms with Gasteiger partial charge in [0.25, 0.3) is 5.91 Å². The SMILES string of the molecule is Cc1cccc(NC(=O)Nc2ccc(N3CCc4ccccc4C3)c(C(=O)NC3CC3)c2)c1C. The fourth-order valence-electron chi connectivity index (χ4n) is 4.43. The summed E-state index contributed by atoms with van der Waals surface area (Å²) in [6.07, 6.45) is 2.99. The number of benzene rings is 3. The van der Waals surface area contributed by atoms with Gasteiger partial charge in [0, 0.05) is 36.2 Å². The minimum atomic E-state index is -0.332. The molecule has 1 heterocycles. The topological polar surface area (TPSA) is 73.5 Å². The van der Waals surface area contributed by atoms with Gasteiger partial charge in [0.2, 0.25) is 0 Å². The molecule has 0 bridgehead atoms. The van der Waals surface area contributed by atoms with Crippen LogP contribution in [0.15, 0.2) is 60.7 Å². The van der Waals surface area contributed by atoms with Gasteiger partial charge in [-0.05, 0) is 79.6 Å². The molecule has 3 aromatic rings. The van der Waals surface area contributed by atoms with Crippen LogP contribution in [0.4, 0.5) is 21.9 Å². The smallest absolute Gasteiger partial charge is 0.323 e. The number of anilines is 3. The number of carbonyl (C=O) groups excluding carboxylic acids is 2. The van der Waals surface area contributed by atoms with E-state index < -0.39 is 0 Å². The van der Waals surface area contributed by atoms with Crippen LogP contribution in [0.3, 0.4) is 0 Å². The molecule has 3 N–H and O–H groups in total. The fraction of sp³-hybridized carbons (Fsp3) is 0.286. The summed E-state index contributed by atoms with van der Waals surface area (Å²) in [6.45, 7) is 5.61. The molecule has 0 saturated heterocycles. The number of nitrogens with zero attached hydrogens (tertiary/aromatic N) is 1. The summed E-state index contributed by atoms with van der Waals surface area (Å²) in [4.78, 5) is 28.1. The summed E-state index contributed by atoms with van der Waals surface area (Å²) < 4.78 is 0. The summed E-state index contributed by atoms with van der Waals surface area (Å²) in [7, 11) is 0. The van der Waals surface area contributed by atoms with E-state index in [4.69, 9.17) is 0 Å². The van der Waals surface area contributed by atoms with Crippen molar-refractivity contribution in [3.05, 3.63) is 88.5 Å². The first-order chi connectivity index (χ1) is 16.5. The van der Waals surface area contributed by atoms with Crippen molar-refractivity contribution in [1.82, 2.24) is 5.32 Å². The van der Waals surface area contributed by atoms with Crippen LogP contribution < -0.4 is 20.9 Å². The van der Waals surface area contributed by atoms with E-state index in [2.05, 4.69) is 45.1 Å². The minimum Gasteiger partial charge on any atom is -0.366 e. The van der Waals surface area contributed by atoms with Gasteiger partial charge >= 0.3 is 6.03 Å². The predicted molar refractivity (Wildman–Crippen MR) is 137 cm³/mol. The molecule has 1 fully saturated rings. The summed E-state index contributed by atoms with van der Waals surface area (Å²) in [5.41, 5.74) is 7.65. The minimum absolute atomic E-state index is 0.0880. The number of hydrogen-bond donors (Lipinski definition) is 3. The number of aryl methyl sites for hydroxylation is 1. The van der Waals surface area contributed by atoms with E-state index in [1.165, 1.54) is 11.1 Å². The van der Waals surface area contributed by atoms with Gasteiger partial charge in [-0.25, -0.2) is 4.79 Å². The zero-order chi connectivity index (χ0) is 23.7. The average Bonchev–Trinajstić information content (AvgIpc) is 3.65. The maximum atomic E-state index is 13.1. The second-order valence-corrected chi connectivity index (χ2v) is 9.25. The Kier molecular flexibility index (Phi) is 5.97. The first kappa shape index (κ1) is 22.0. The molecule has 0 spiro atoms. The van der Waals surface area contributed by atoms with Gasteiger partial charge in [0.1, 0.15) is 0 Å². The molecule has 0 radical (unpaired) electrons. The highest BCUT2D eigenvalue weighted by Crippen LogP contribution is 2.31. The molecule has 0 atom stereocenters. The van der Waals surface area contributed by atoms with E-state index in [0.29, 0.717) is 11.3 Å². The Morgan fingerprint density at radius 2 is 1.71 bits per heavy atom. The molecule has 6 nitrogen and oxygen atoms in total. The van der Waals surface area contributed by atoms with Crippen molar-refractivity contribution in [2.75, 3.05) is 22.1 Å². The third-order valence-electron chi connectivity index (χ3n) is 6.74. The number of fused-ring (bicyclic) bond motifs is 1. The van der Waals surface area contributed by atoms with E-state index in [-0.39, 0.29) is 18.0 Å². The first-order valence-corrected chi connectivity index (χ1v) is 11.9. The van der Waals surface area contributed by atoms with E-state index in [0.717, 1.165) is 54.9 Å². The van der Waals surface area contributed by atoms with E-state index >= 15 is 0 Å². The molecule has 0 unspecified atom stereocenters. The lowest BCUT2D eigenvalue weighted by Gasteiger charge is -2.32. The molecular formula is C28H30N4O2. The molecule has 1 aliphatic heterocycles. The van der Waals surface area contributed by atoms with Gasteiger partial charge in [-0.1, -0.05) is 36.4 Å². The number of amides is 3. The van der Waals surface area contributed by atoms with Crippen LogP contribution in [0.5, 0.6) is 0 Å². The van der Waals surface area contributed by atoms with E-state index in [9.17, 15) is 9.59 Å². The van der Waals surface area contributed by atoms with Crippen LogP contribution in [-0.2, 0) is 13.0 Å². The highest BCUT2D eigenvalue weighted by molar-refractivity contribution is 6.04.